The lowest BCUT2D eigenvalue weighted by Crippen LogP contribution is -2.21. The molecule has 0 aliphatic heterocycles. The average molecular weight is 182 g/mol. The van der Waals surface area contributed by atoms with Crippen molar-refractivity contribution in [2.75, 3.05) is 6.61 Å². The highest BCUT2D eigenvalue weighted by Crippen LogP contribution is 2.29. The number of hydrogen-bond donors (Lipinski definition) is 2. The fourth-order valence-corrected chi connectivity index (χ4v) is 1.75. The van der Waals surface area contributed by atoms with Crippen molar-refractivity contribution in [3.63, 3.8) is 0 Å². The van der Waals surface area contributed by atoms with E-state index in [9.17, 15) is 5.11 Å². The molecule has 0 radical (unpaired) electrons. The Morgan fingerprint density at radius 1 is 1.69 bits per heavy atom. The predicted octanol–water partition coefficient (Wildman–Crippen LogP) is 1.64. The van der Waals surface area contributed by atoms with Gasteiger partial charge >= 0.3 is 0 Å². The average Bonchev–Trinajstić information content (AvgIpc) is 2.08. The van der Waals surface area contributed by atoms with Crippen molar-refractivity contribution in [2.24, 2.45) is 5.92 Å². The predicted molar refractivity (Wildman–Crippen MR) is 53.3 cm³/mol. The van der Waals surface area contributed by atoms with Gasteiger partial charge < -0.3 is 10.2 Å². The highest BCUT2D eigenvalue weighted by atomic mass is 16.3. The Bertz CT molecular complexity index is 218. The van der Waals surface area contributed by atoms with E-state index in [0.717, 1.165) is 24.0 Å². The topological polar surface area (TPSA) is 40.5 Å². The monoisotopic (exact) mass is 182 g/mol. The van der Waals surface area contributed by atoms with Gasteiger partial charge in [0.05, 0.1) is 6.10 Å². The van der Waals surface area contributed by atoms with Gasteiger partial charge in [-0.15, -0.1) is 0 Å². The van der Waals surface area contributed by atoms with E-state index in [0.29, 0.717) is 12.3 Å². The highest BCUT2D eigenvalue weighted by Gasteiger charge is 2.21. The second kappa shape index (κ2) is 4.58. The van der Waals surface area contributed by atoms with E-state index in [1.807, 2.05) is 13.0 Å². The van der Waals surface area contributed by atoms with Gasteiger partial charge in [0.25, 0.3) is 0 Å². The lowest BCUT2D eigenvalue weighted by atomic mass is 9.83. The number of rotatable bonds is 3. The summed E-state index contributed by atoms with van der Waals surface area (Å²) in [5, 5.41) is 18.4. The van der Waals surface area contributed by atoms with Crippen LogP contribution < -0.4 is 0 Å². The van der Waals surface area contributed by atoms with Crippen LogP contribution in [0, 0.1) is 5.92 Å². The fraction of sp³-hybridized carbons (Fsp3) is 0.636. The van der Waals surface area contributed by atoms with Crippen LogP contribution in [0.2, 0.25) is 0 Å². The maximum absolute atomic E-state index is 9.70. The summed E-state index contributed by atoms with van der Waals surface area (Å²) >= 11 is 0. The minimum absolute atomic E-state index is 0.126. The summed E-state index contributed by atoms with van der Waals surface area (Å²) in [5.74, 6) is 0.414. The molecular weight excluding hydrogens is 164 g/mol. The van der Waals surface area contributed by atoms with Gasteiger partial charge in [-0.25, -0.2) is 0 Å². The summed E-state index contributed by atoms with van der Waals surface area (Å²) in [4.78, 5) is 0. The van der Waals surface area contributed by atoms with E-state index in [4.69, 9.17) is 5.11 Å². The van der Waals surface area contributed by atoms with Crippen molar-refractivity contribution >= 4 is 0 Å². The molecule has 2 heteroatoms. The summed E-state index contributed by atoms with van der Waals surface area (Å²) in [6, 6.07) is 0. The van der Waals surface area contributed by atoms with Crippen LogP contribution >= 0.6 is 0 Å². The minimum atomic E-state index is -0.373. The van der Waals surface area contributed by atoms with E-state index in [1.165, 1.54) is 0 Å². The van der Waals surface area contributed by atoms with Gasteiger partial charge in [-0.3, -0.25) is 0 Å². The van der Waals surface area contributed by atoms with Crippen molar-refractivity contribution in [1.82, 2.24) is 0 Å². The molecule has 74 valence electrons. The third-order valence-corrected chi connectivity index (χ3v) is 2.70. The third-order valence-electron chi connectivity index (χ3n) is 2.70. The first kappa shape index (κ1) is 10.5. The summed E-state index contributed by atoms with van der Waals surface area (Å²) < 4.78 is 0. The molecule has 0 saturated carbocycles. The van der Waals surface area contributed by atoms with Crippen LogP contribution in [0.3, 0.4) is 0 Å². The zero-order chi connectivity index (χ0) is 9.84. The van der Waals surface area contributed by atoms with Crippen molar-refractivity contribution in [3.8, 4) is 0 Å². The van der Waals surface area contributed by atoms with Crippen LogP contribution in [-0.2, 0) is 0 Å². The van der Waals surface area contributed by atoms with Crippen molar-refractivity contribution < 1.29 is 10.2 Å². The Morgan fingerprint density at radius 2 is 2.38 bits per heavy atom. The summed E-state index contributed by atoms with van der Waals surface area (Å²) in [7, 11) is 0. The van der Waals surface area contributed by atoms with E-state index >= 15 is 0 Å². The number of allylic oxidation sites excluding steroid dienone is 2. The molecule has 0 unspecified atom stereocenters. The van der Waals surface area contributed by atoms with Gasteiger partial charge in [0.15, 0.2) is 0 Å². The normalized spacial score (nSPS) is 28.4. The highest BCUT2D eigenvalue weighted by molar-refractivity contribution is 5.16. The van der Waals surface area contributed by atoms with Crippen molar-refractivity contribution in [3.05, 3.63) is 23.8 Å². The molecule has 0 spiro atoms. The SMILES string of the molecule is C=C(C)[C@H]1CC=C(CCO)[C@H](O)C1. The van der Waals surface area contributed by atoms with E-state index in [1.54, 1.807) is 0 Å². The molecule has 2 atom stereocenters. The van der Waals surface area contributed by atoms with E-state index in [2.05, 4.69) is 6.58 Å². The Balaban J connectivity index is 2.58. The first-order valence-electron chi connectivity index (χ1n) is 4.78. The van der Waals surface area contributed by atoms with Crippen LogP contribution in [0.4, 0.5) is 0 Å². The summed E-state index contributed by atoms with van der Waals surface area (Å²) in [6.07, 6.45) is 4.00. The molecule has 0 bridgehead atoms. The molecule has 2 nitrogen and oxygen atoms in total. The molecule has 0 aromatic carbocycles. The van der Waals surface area contributed by atoms with Gasteiger partial charge in [0, 0.05) is 6.61 Å². The van der Waals surface area contributed by atoms with Crippen LogP contribution in [-0.4, -0.2) is 22.9 Å². The lowest BCUT2D eigenvalue weighted by Gasteiger charge is -2.26. The minimum Gasteiger partial charge on any atom is -0.396 e. The third kappa shape index (κ3) is 2.68. The number of aliphatic hydroxyl groups is 2. The van der Waals surface area contributed by atoms with Gasteiger partial charge in [0.2, 0.25) is 0 Å². The van der Waals surface area contributed by atoms with Crippen LogP contribution in [0.25, 0.3) is 0 Å². The van der Waals surface area contributed by atoms with Crippen LogP contribution in [0.15, 0.2) is 23.8 Å². The molecular formula is C11H18O2. The van der Waals surface area contributed by atoms with Crippen molar-refractivity contribution in [2.45, 2.75) is 32.3 Å². The molecule has 2 N–H and O–H groups in total. The molecule has 0 fully saturated rings. The first-order valence-corrected chi connectivity index (χ1v) is 4.78. The Labute approximate surface area is 79.6 Å². The molecule has 1 aliphatic carbocycles. The molecule has 1 rings (SSSR count). The Morgan fingerprint density at radius 3 is 2.85 bits per heavy atom. The second-order valence-corrected chi connectivity index (χ2v) is 3.78. The zero-order valence-electron chi connectivity index (χ0n) is 8.16. The van der Waals surface area contributed by atoms with E-state index < -0.39 is 0 Å². The Kier molecular flexibility index (Phi) is 3.70. The van der Waals surface area contributed by atoms with Crippen LogP contribution in [0.5, 0.6) is 0 Å². The van der Waals surface area contributed by atoms with Crippen LogP contribution in [0.1, 0.15) is 26.2 Å². The zero-order valence-corrected chi connectivity index (χ0v) is 8.16. The van der Waals surface area contributed by atoms with Gasteiger partial charge in [-0.1, -0.05) is 18.2 Å². The smallest absolute Gasteiger partial charge is 0.0756 e. The quantitative estimate of drug-likeness (QED) is 0.651. The molecule has 0 aromatic rings. The molecule has 13 heavy (non-hydrogen) atoms. The maximum Gasteiger partial charge on any atom is 0.0756 e. The van der Waals surface area contributed by atoms with Gasteiger partial charge in [0.1, 0.15) is 0 Å². The number of hydrogen-bond acceptors (Lipinski definition) is 2. The maximum atomic E-state index is 9.70. The lowest BCUT2D eigenvalue weighted by molar-refractivity contribution is 0.164. The molecule has 0 aromatic heterocycles. The van der Waals surface area contributed by atoms with E-state index in [-0.39, 0.29) is 12.7 Å². The van der Waals surface area contributed by atoms with Gasteiger partial charge in [-0.2, -0.15) is 0 Å². The Hall–Kier alpha value is -0.600. The molecule has 0 amide bonds. The largest absolute Gasteiger partial charge is 0.396 e. The van der Waals surface area contributed by atoms with Gasteiger partial charge in [-0.05, 0) is 37.7 Å². The molecule has 0 saturated heterocycles. The second-order valence-electron chi connectivity index (χ2n) is 3.78. The summed E-state index contributed by atoms with van der Waals surface area (Å²) in [6.45, 7) is 6.02. The number of aliphatic hydroxyl groups excluding tert-OH is 2. The standard InChI is InChI=1S/C11H18O2/c1-8(2)10-4-3-9(5-6-12)11(13)7-10/h3,10-13H,1,4-7H2,2H3/t10-,11+/m0/s1. The first-order chi connectivity index (χ1) is 6.15. The molecule has 1 aliphatic rings. The van der Waals surface area contributed by atoms with Crippen molar-refractivity contribution in [1.29, 1.82) is 0 Å². The fourth-order valence-electron chi connectivity index (χ4n) is 1.75. The molecule has 0 heterocycles. The summed E-state index contributed by atoms with van der Waals surface area (Å²) in [5.41, 5.74) is 2.12.